The first-order valence-corrected chi connectivity index (χ1v) is 5.27. The largest absolute Gasteiger partial charge is 0.326 e. The number of nitrogens with two attached hydrogens (primary N) is 1. The molecule has 0 bridgehead atoms. The van der Waals surface area contributed by atoms with Crippen LogP contribution in [0, 0.1) is 5.92 Å². The van der Waals surface area contributed by atoms with Crippen molar-refractivity contribution in [3.8, 4) is 0 Å². The maximum atomic E-state index is 5.90. The van der Waals surface area contributed by atoms with Gasteiger partial charge in [-0.1, -0.05) is 13.3 Å². The molecule has 0 radical (unpaired) electrons. The van der Waals surface area contributed by atoms with Crippen LogP contribution in [0.2, 0.25) is 0 Å². The Labute approximate surface area is 75.1 Å². The second-order valence-corrected chi connectivity index (χ2v) is 4.52. The average Bonchev–Trinajstić information content (AvgIpc) is 2.58. The van der Waals surface area contributed by atoms with E-state index in [1.165, 1.54) is 32.2 Å². The predicted octanol–water partition coefficient (Wildman–Crippen LogP) is 1.21. The summed E-state index contributed by atoms with van der Waals surface area (Å²) in [5.74, 6) is 0.912. The highest BCUT2D eigenvalue weighted by molar-refractivity contribution is 4.88. The molecule has 1 aliphatic heterocycles. The Morgan fingerprint density at radius 3 is 2.58 bits per heavy atom. The summed E-state index contributed by atoms with van der Waals surface area (Å²) in [6.45, 7) is 4.78. The molecule has 12 heavy (non-hydrogen) atoms. The Morgan fingerprint density at radius 1 is 1.25 bits per heavy atom. The second-order valence-electron chi connectivity index (χ2n) is 4.52. The van der Waals surface area contributed by atoms with Crippen LogP contribution in [0.15, 0.2) is 0 Å². The first-order valence-electron chi connectivity index (χ1n) is 5.27. The zero-order chi connectivity index (χ0) is 8.55. The second kappa shape index (κ2) is 3.35. The monoisotopic (exact) mass is 168 g/mol. The minimum absolute atomic E-state index is 0.456. The highest BCUT2D eigenvalue weighted by Gasteiger charge is 2.32. The van der Waals surface area contributed by atoms with Crippen molar-refractivity contribution in [3.63, 3.8) is 0 Å². The lowest BCUT2D eigenvalue weighted by Crippen LogP contribution is -2.37. The summed E-state index contributed by atoms with van der Waals surface area (Å²) in [7, 11) is 0. The summed E-state index contributed by atoms with van der Waals surface area (Å²) in [6.07, 6.45) is 5.48. The average molecular weight is 168 g/mol. The predicted molar refractivity (Wildman–Crippen MR) is 51.0 cm³/mol. The molecule has 0 aromatic carbocycles. The first kappa shape index (κ1) is 8.52. The molecular weight excluding hydrogens is 148 g/mol. The molecule has 1 saturated heterocycles. The van der Waals surface area contributed by atoms with Crippen molar-refractivity contribution in [3.05, 3.63) is 0 Å². The lowest BCUT2D eigenvalue weighted by atomic mass is 10.1. The Morgan fingerprint density at radius 2 is 2.08 bits per heavy atom. The molecule has 2 N–H and O–H groups in total. The van der Waals surface area contributed by atoms with Gasteiger partial charge in [-0.15, -0.1) is 0 Å². The maximum Gasteiger partial charge on any atom is 0.0180 e. The van der Waals surface area contributed by atoms with Crippen LogP contribution in [0.1, 0.15) is 32.6 Å². The van der Waals surface area contributed by atoms with Gasteiger partial charge in [0.25, 0.3) is 0 Å². The van der Waals surface area contributed by atoms with E-state index in [1.807, 2.05) is 0 Å². The molecule has 2 rings (SSSR count). The van der Waals surface area contributed by atoms with Crippen molar-refractivity contribution in [2.75, 3.05) is 13.1 Å². The third kappa shape index (κ3) is 1.50. The number of likely N-dealkylation sites (tertiary alicyclic amines) is 1. The highest BCUT2D eigenvalue weighted by Crippen LogP contribution is 2.31. The number of hydrogen-bond donors (Lipinski definition) is 1. The molecule has 3 atom stereocenters. The van der Waals surface area contributed by atoms with Crippen molar-refractivity contribution in [1.82, 2.24) is 4.90 Å². The summed E-state index contributed by atoms with van der Waals surface area (Å²) in [5, 5.41) is 0. The van der Waals surface area contributed by atoms with Crippen molar-refractivity contribution in [2.45, 2.75) is 44.7 Å². The molecule has 2 nitrogen and oxygen atoms in total. The third-order valence-corrected chi connectivity index (χ3v) is 3.54. The van der Waals surface area contributed by atoms with Gasteiger partial charge in [0, 0.05) is 25.2 Å². The van der Waals surface area contributed by atoms with Gasteiger partial charge in [0.2, 0.25) is 0 Å². The Kier molecular flexibility index (Phi) is 2.37. The molecule has 1 saturated carbocycles. The van der Waals surface area contributed by atoms with Crippen molar-refractivity contribution in [1.29, 1.82) is 0 Å². The molecule has 1 aliphatic carbocycles. The van der Waals surface area contributed by atoms with Gasteiger partial charge in [-0.25, -0.2) is 0 Å². The smallest absolute Gasteiger partial charge is 0.0180 e. The molecule has 0 aromatic heterocycles. The summed E-state index contributed by atoms with van der Waals surface area (Å²) in [4.78, 5) is 2.61. The van der Waals surface area contributed by atoms with Gasteiger partial charge in [0.15, 0.2) is 0 Å². The molecule has 0 spiro atoms. The normalized spacial score (nSPS) is 44.0. The van der Waals surface area contributed by atoms with Gasteiger partial charge in [0.1, 0.15) is 0 Å². The van der Waals surface area contributed by atoms with Crippen LogP contribution < -0.4 is 5.73 Å². The van der Waals surface area contributed by atoms with Gasteiger partial charge < -0.3 is 5.73 Å². The summed E-state index contributed by atoms with van der Waals surface area (Å²) in [6, 6.07) is 1.32. The van der Waals surface area contributed by atoms with Crippen molar-refractivity contribution in [2.24, 2.45) is 11.7 Å². The Balaban J connectivity index is 1.91. The van der Waals surface area contributed by atoms with Gasteiger partial charge in [-0.2, -0.15) is 0 Å². The molecule has 70 valence electrons. The zero-order valence-electron chi connectivity index (χ0n) is 8.00. The van der Waals surface area contributed by atoms with E-state index in [0.717, 1.165) is 18.5 Å². The number of rotatable bonds is 1. The van der Waals surface area contributed by atoms with Gasteiger partial charge in [-0.05, 0) is 25.2 Å². The van der Waals surface area contributed by atoms with Crippen molar-refractivity contribution < 1.29 is 0 Å². The fraction of sp³-hybridized carbons (Fsp3) is 1.00. The number of nitrogens with zero attached hydrogens (tertiary/aromatic N) is 1. The van der Waals surface area contributed by atoms with Gasteiger partial charge >= 0.3 is 0 Å². The van der Waals surface area contributed by atoms with Crippen molar-refractivity contribution >= 4 is 0 Å². The van der Waals surface area contributed by atoms with Crippen LogP contribution >= 0.6 is 0 Å². The molecule has 2 fully saturated rings. The van der Waals surface area contributed by atoms with E-state index in [1.54, 1.807) is 0 Å². The standard InChI is InChI=1S/C10H20N2/c1-8-3-2-4-10(8)12-6-5-9(11)7-12/h8-10H,2-7,11H2,1H3/t8?,9-,10?/m0/s1. The van der Waals surface area contributed by atoms with E-state index < -0.39 is 0 Å². The Hall–Kier alpha value is -0.0800. The van der Waals surface area contributed by atoms with E-state index >= 15 is 0 Å². The minimum atomic E-state index is 0.456. The topological polar surface area (TPSA) is 29.3 Å². The van der Waals surface area contributed by atoms with Gasteiger partial charge in [-0.3, -0.25) is 4.90 Å². The van der Waals surface area contributed by atoms with Crippen LogP contribution in [0.3, 0.4) is 0 Å². The van der Waals surface area contributed by atoms with E-state index in [-0.39, 0.29) is 0 Å². The van der Waals surface area contributed by atoms with E-state index in [2.05, 4.69) is 11.8 Å². The summed E-state index contributed by atoms with van der Waals surface area (Å²) >= 11 is 0. The summed E-state index contributed by atoms with van der Waals surface area (Å²) < 4.78 is 0. The quantitative estimate of drug-likeness (QED) is 0.637. The van der Waals surface area contributed by atoms with Crippen LogP contribution in [0.25, 0.3) is 0 Å². The fourth-order valence-corrected chi connectivity index (χ4v) is 2.78. The Bertz CT molecular complexity index is 158. The zero-order valence-corrected chi connectivity index (χ0v) is 8.00. The minimum Gasteiger partial charge on any atom is -0.326 e. The first-order chi connectivity index (χ1) is 5.77. The van der Waals surface area contributed by atoms with E-state index in [0.29, 0.717) is 6.04 Å². The van der Waals surface area contributed by atoms with E-state index in [9.17, 15) is 0 Å². The van der Waals surface area contributed by atoms with Crippen LogP contribution in [-0.2, 0) is 0 Å². The molecule has 0 amide bonds. The molecule has 2 heteroatoms. The molecule has 0 aromatic rings. The van der Waals surface area contributed by atoms with Crippen LogP contribution in [0.5, 0.6) is 0 Å². The fourth-order valence-electron chi connectivity index (χ4n) is 2.78. The molecule has 1 heterocycles. The number of hydrogen-bond acceptors (Lipinski definition) is 2. The SMILES string of the molecule is CC1CCCC1N1CC[C@H](N)C1. The lowest BCUT2D eigenvalue weighted by molar-refractivity contribution is 0.203. The molecule has 2 aliphatic rings. The van der Waals surface area contributed by atoms with Crippen LogP contribution in [-0.4, -0.2) is 30.1 Å². The molecule has 2 unspecified atom stereocenters. The summed E-state index contributed by atoms with van der Waals surface area (Å²) in [5.41, 5.74) is 5.90. The maximum absolute atomic E-state index is 5.90. The third-order valence-electron chi connectivity index (χ3n) is 3.54. The lowest BCUT2D eigenvalue weighted by Gasteiger charge is -2.27. The molecular formula is C10H20N2. The van der Waals surface area contributed by atoms with Crippen LogP contribution in [0.4, 0.5) is 0 Å². The van der Waals surface area contributed by atoms with Gasteiger partial charge in [0.05, 0.1) is 0 Å². The highest BCUT2D eigenvalue weighted by atomic mass is 15.2. The van der Waals surface area contributed by atoms with E-state index in [4.69, 9.17) is 5.73 Å².